The van der Waals surface area contributed by atoms with Gasteiger partial charge in [0.25, 0.3) is 0 Å². The molecule has 6 aromatic carbocycles. The van der Waals surface area contributed by atoms with Crippen molar-refractivity contribution in [2.24, 2.45) is 22.7 Å². The number of nitrogens with zero attached hydrogens (tertiary/aromatic N) is 6. The molecule has 6 N–H and O–H groups in total. The van der Waals surface area contributed by atoms with E-state index in [1.54, 1.807) is 45.2 Å². The van der Waals surface area contributed by atoms with Crippen LogP contribution in [0.25, 0.3) is 82.5 Å². The van der Waals surface area contributed by atoms with Crippen molar-refractivity contribution in [3.05, 3.63) is 178 Å². The Bertz CT molecular complexity index is 4850. The van der Waals surface area contributed by atoms with Crippen molar-refractivity contribution < 1.29 is 42.9 Å². The minimum Gasteiger partial charge on any atom is -0.481 e. The van der Waals surface area contributed by atoms with Crippen molar-refractivity contribution in [1.29, 1.82) is 0 Å². The Kier molecular flexibility index (Phi) is 15.6. The second kappa shape index (κ2) is 23.5. The average molecular weight is 1280 g/mol. The molecule has 1 atom stereocenters. The van der Waals surface area contributed by atoms with E-state index < -0.39 is 17.9 Å². The largest absolute Gasteiger partial charge is 0.481 e. The highest BCUT2D eigenvalue weighted by molar-refractivity contribution is 6.02. The highest BCUT2D eigenvalue weighted by atomic mass is 19.1. The van der Waals surface area contributed by atoms with Crippen molar-refractivity contribution in [3.8, 4) is 17.1 Å². The third kappa shape index (κ3) is 10.7. The van der Waals surface area contributed by atoms with Gasteiger partial charge in [-0.3, -0.25) is 29.7 Å². The molecule has 4 aliphatic rings. The van der Waals surface area contributed by atoms with E-state index in [0.29, 0.717) is 28.5 Å². The third-order valence-electron chi connectivity index (χ3n) is 21.6. The van der Waals surface area contributed by atoms with Crippen LogP contribution < -0.4 is 0 Å². The van der Waals surface area contributed by atoms with E-state index in [4.69, 9.17) is 0 Å². The molecule has 490 valence electrons. The van der Waals surface area contributed by atoms with Gasteiger partial charge >= 0.3 is 17.9 Å². The fourth-order valence-corrected chi connectivity index (χ4v) is 17.3. The Morgan fingerprint density at radius 2 is 0.800 bits per heavy atom. The Morgan fingerprint density at radius 3 is 1.12 bits per heavy atom. The molecule has 0 aliphatic heterocycles. The number of H-pyrrole nitrogens is 3. The molecule has 16 rings (SSSR count). The predicted octanol–water partition coefficient (Wildman–Crippen LogP) is 18.5. The number of carbonyl (C=O) groups is 3. The Labute approximate surface area is 547 Å². The van der Waals surface area contributed by atoms with Crippen LogP contribution in [0.3, 0.4) is 0 Å². The van der Waals surface area contributed by atoms with Gasteiger partial charge in [-0.2, -0.15) is 15.3 Å². The lowest BCUT2D eigenvalue weighted by Crippen LogP contribution is -2.49. The highest BCUT2D eigenvalue weighted by Crippen LogP contribution is 2.67. The van der Waals surface area contributed by atoms with Gasteiger partial charge in [-0.25, -0.2) is 13.2 Å². The summed E-state index contributed by atoms with van der Waals surface area (Å²) in [4.78, 5) is 34.2. The van der Waals surface area contributed by atoms with Gasteiger partial charge in [-0.1, -0.05) is 48.5 Å². The number of fused-ring (bicyclic) bond motifs is 6. The van der Waals surface area contributed by atoms with Crippen molar-refractivity contribution >= 4 is 83.3 Å². The number of aromatic amines is 3. The number of hydrogen-bond donors (Lipinski definition) is 6. The van der Waals surface area contributed by atoms with Gasteiger partial charge in [0.15, 0.2) is 0 Å². The summed E-state index contributed by atoms with van der Waals surface area (Å²) in [7, 11) is 0. The fourth-order valence-electron chi connectivity index (χ4n) is 17.3. The first-order valence-corrected chi connectivity index (χ1v) is 33.3. The van der Waals surface area contributed by atoms with Crippen LogP contribution in [0.15, 0.2) is 110 Å². The van der Waals surface area contributed by atoms with E-state index in [1.165, 1.54) is 39.4 Å². The standard InChI is InChI=1S/2C27H28FN3O2.C23H24FN3O2/c2*1-14(2)25-24(17-9-27(10-17)11-18(12-27)26(32)33)20-8-22-16(13-29-30-22)7-23(20)31(25)19-4-5-21(28)15(3)6-19;1-12(2)23-22(14(4)8-21(28)29)17-10-19-15(11-25-26-19)9-20(17)27(23)16-5-6-18(24)13(3)7-16/h2*4-8,13-14,17-18H,9-12H2,1-3H3,(H,29,30)(H,32,33);5-7,9-12,14H,8H2,1-4H3,(H,25,26)(H,28,29). The van der Waals surface area contributed by atoms with E-state index in [-0.39, 0.29) is 70.2 Å². The normalized spacial score (nSPS) is 21.0. The SMILES string of the molecule is Cc1cc(-n2c(C(C)C)c(C(C)CC(=O)O)c3cc4[nH]ncc4cc32)ccc1F.Cc1cc(-n2c(C(C)C)c(C3CC4(CC(C(=O)O)C4)C3)c3cc4[nH]ncc4cc32)ccc1F.Cc1cc(-n2c(C(C)C)c(C3CC4(CC(C(=O)O)C4)C3)c3cc4[nH]ncc4cc32)ccc1F. The molecule has 0 bridgehead atoms. The smallest absolute Gasteiger partial charge is 0.306 e. The van der Waals surface area contributed by atoms with E-state index in [0.717, 1.165) is 134 Å². The first-order chi connectivity index (χ1) is 45.3. The molecule has 15 nitrogen and oxygen atoms in total. The summed E-state index contributed by atoms with van der Waals surface area (Å²) in [6.45, 7) is 20.4. The molecule has 0 saturated heterocycles. The Balaban J connectivity index is 0.000000123. The number of halogens is 3. The molecule has 1 unspecified atom stereocenters. The zero-order valence-electron chi connectivity index (χ0n) is 55.3. The van der Waals surface area contributed by atoms with Gasteiger partial charge in [-0.05, 0) is 243 Å². The topological polar surface area (TPSA) is 213 Å². The van der Waals surface area contributed by atoms with Crippen LogP contribution in [-0.2, 0) is 14.4 Å². The quantitative estimate of drug-likeness (QED) is 0.0647. The lowest BCUT2D eigenvalue weighted by Gasteiger charge is -2.57. The lowest BCUT2D eigenvalue weighted by molar-refractivity contribution is -0.156. The number of aliphatic carboxylic acids is 3. The van der Waals surface area contributed by atoms with Crippen LogP contribution in [0.5, 0.6) is 0 Å². The number of carboxylic acid groups (broad SMARTS) is 3. The number of benzene rings is 6. The molecule has 6 heterocycles. The van der Waals surface area contributed by atoms with Crippen LogP contribution in [-0.4, -0.2) is 77.5 Å². The minimum atomic E-state index is -0.826. The molecule has 0 radical (unpaired) electrons. The van der Waals surface area contributed by atoms with Crippen molar-refractivity contribution in [1.82, 2.24) is 44.3 Å². The maximum atomic E-state index is 14.1. The van der Waals surface area contributed by atoms with E-state index in [9.17, 15) is 42.9 Å². The van der Waals surface area contributed by atoms with Gasteiger partial charge < -0.3 is 29.0 Å². The van der Waals surface area contributed by atoms with Crippen molar-refractivity contribution in [2.75, 3.05) is 0 Å². The summed E-state index contributed by atoms with van der Waals surface area (Å²) in [5.41, 5.74) is 18.5. The zero-order chi connectivity index (χ0) is 67.0. The number of nitrogens with one attached hydrogen (secondary N) is 3. The second-order valence-corrected chi connectivity index (χ2v) is 29.2. The molecule has 95 heavy (non-hydrogen) atoms. The van der Waals surface area contributed by atoms with Gasteiger partial charge in [0.2, 0.25) is 0 Å². The van der Waals surface area contributed by atoms with Gasteiger partial charge in [0.1, 0.15) is 17.5 Å². The van der Waals surface area contributed by atoms with Crippen LogP contribution in [0.2, 0.25) is 0 Å². The summed E-state index contributed by atoms with van der Waals surface area (Å²) in [6, 6.07) is 28.7. The molecule has 12 aromatic rings. The number of aryl methyl sites for hydroxylation is 3. The Morgan fingerprint density at radius 1 is 0.474 bits per heavy atom. The molecule has 4 fully saturated rings. The average Bonchev–Trinajstić information content (AvgIpc) is 1.64. The molecule has 18 heteroatoms. The van der Waals surface area contributed by atoms with E-state index in [1.807, 2.05) is 55.7 Å². The van der Waals surface area contributed by atoms with E-state index in [2.05, 4.69) is 116 Å². The van der Waals surface area contributed by atoms with Crippen LogP contribution in [0.4, 0.5) is 13.2 Å². The molecule has 0 amide bonds. The maximum absolute atomic E-state index is 14.1. The summed E-state index contributed by atoms with van der Waals surface area (Å²) >= 11 is 0. The zero-order valence-corrected chi connectivity index (χ0v) is 55.3. The van der Waals surface area contributed by atoms with E-state index >= 15 is 0 Å². The summed E-state index contributed by atoms with van der Waals surface area (Å²) < 4.78 is 48.9. The highest BCUT2D eigenvalue weighted by Gasteiger charge is 2.57. The monoisotopic (exact) mass is 1280 g/mol. The maximum Gasteiger partial charge on any atom is 0.306 e. The van der Waals surface area contributed by atoms with Crippen molar-refractivity contribution in [3.63, 3.8) is 0 Å². The van der Waals surface area contributed by atoms with Crippen molar-refractivity contribution in [2.45, 2.75) is 163 Å². The molecule has 2 spiro atoms. The number of carboxylic acids is 3. The lowest BCUT2D eigenvalue weighted by atomic mass is 9.47. The third-order valence-corrected chi connectivity index (χ3v) is 21.6. The van der Waals surface area contributed by atoms with Gasteiger partial charge in [0, 0.05) is 66.5 Å². The molecule has 6 aromatic heterocycles. The number of rotatable bonds is 13. The molecular weight excluding hydrogens is 1200 g/mol. The summed E-state index contributed by atoms with van der Waals surface area (Å²) in [6.07, 6.45) is 12.9. The van der Waals surface area contributed by atoms with Gasteiger partial charge in [0.05, 0.1) is 69.9 Å². The van der Waals surface area contributed by atoms with Crippen LogP contribution in [0, 0.1) is 60.9 Å². The molecule has 4 aliphatic carbocycles. The first kappa shape index (κ1) is 63.0. The van der Waals surface area contributed by atoms with Crippen LogP contribution >= 0.6 is 0 Å². The van der Waals surface area contributed by atoms with Gasteiger partial charge in [-0.15, -0.1) is 0 Å². The fraction of sp³-hybridized carbons (Fsp3) is 0.377. The Hall–Kier alpha value is -9.45. The summed E-state index contributed by atoms with van der Waals surface area (Å²) in [5.74, 6) is -1.78. The minimum absolute atomic E-state index is 0.0439. The molecule has 4 saturated carbocycles. The first-order valence-electron chi connectivity index (χ1n) is 33.3. The molecular formula is C77H80F3N9O6. The number of aromatic nitrogens is 9. The predicted molar refractivity (Wildman–Crippen MR) is 365 cm³/mol. The second-order valence-electron chi connectivity index (χ2n) is 29.2. The van der Waals surface area contributed by atoms with Crippen LogP contribution in [0.1, 0.15) is 192 Å². The number of hydrogen-bond acceptors (Lipinski definition) is 6. The summed E-state index contributed by atoms with van der Waals surface area (Å²) in [5, 5.41) is 56.4.